The molecule has 1 unspecified atom stereocenters. The number of pyridine rings is 1. The average molecular weight is 291 g/mol. The molecule has 1 aromatic heterocycles. The van der Waals surface area contributed by atoms with Gasteiger partial charge in [-0.1, -0.05) is 19.9 Å². The Balaban J connectivity index is 1.79. The number of likely N-dealkylation sites (N-methyl/N-ethyl adjacent to an activating group) is 1. The molecular weight excluding hydrogens is 262 g/mol. The maximum absolute atomic E-state index is 5.73. The van der Waals surface area contributed by atoms with E-state index in [0.717, 1.165) is 45.0 Å². The Bertz CT molecular complexity index is 388. The van der Waals surface area contributed by atoms with Crippen molar-refractivity contribution >= 4 is 0 Å². The van der Waals surface area contributed by atoms with E-state index in [1.165, 1.54) is 24.8 Å². The fourth-order valence-corrected chi connectivity index (χ4v) is 2.67. The molecule has 1 aliphatic rings. The molecule has 0 aliphatic carbocycles. The minimum atomic E-state index is 0.419. The normalized spacial score (nSPS) is 18.5. The van der Waals surface area contributed by atoms with E-state index in [2.05, 4.69) is 41.2 Å². The smallest absolute Gasteiger partial charge is 0.0702 e. The lowest BCUT2D eigenvalue weighted by molar-refractivity contribution is 0.0721. The topological polar surface area (TPSA) is 37.4 Å². The van der Waals surface area contributed by atoms with Gasteiger partial charge >= 0.3 is 0 Å². The van der Waals surface area contributed by atoms with Crippen molar-refractivity contribution in [2.24, 2.45) is 0 Å². The molecule has 21 heavy (non-hydrogen) atoms. The van der Waals surface area contributed by atoms with Gasteiger partial charge in [0.15, 0.2) is 0 Å². The highest BCUT2D eigenvalue weighted by Crippen LogP contribution is 2.14. The fourth-order valence-electron chi connectivity index (χ4n) is 2.67. The summed E-state index contributed by atoms with van der Waals surface area (Å²) in [5.74, 6) is 0. The van der Waals surface area contributed by atoms with Gasteiger partial charge in [0.1, 0.15) is 0 Å². The molecule has 4 heteroatoms. The number of hydrogen-bond donors (Lipinski definition) is 1. The lowest BCUT2D eigenvalue weighted by Gasteiger charge is -2.23. The molecule has 0 saturated carbocycles. The third-order valence-electron chi connectivity index (χ3n) is 3.96. The zero-order chi connectivity index (χ0) is 14.9. The largest absolute Gasteiger partial charge is 0.377 e. The first kappa shape index (κ1) is 16.4. The zero-order valence-corrected chi connectivity index (χ0v) is 13.5. The summed E-state index contributed by atoms with van der Waals surface area (Å²) in [5, 5.41) is 3.40. The van der Waals surface area contributed by atoms with Gasteiger partial charge < -0.3 is 10.1 Å². The van der Waals surface area contributed by atoms with Gasteiger partial charge in [0.05, 0.1) is 11.8 Å². The van der Waals surface area contributed by atoms with Crippen LogP contribution in [0.5, 0.6) is 0 Å². The van der Waals surface area contributed by atoms with Crippen LogP contribution in [0.2, 0.25) is 0 Å². The third-order valence-corrected chi connectivity index (χ3v) is 3.96. The van der Waals surface area contributed by atoms with E-state index in [4.69, 9.17) is 4.74 Å². The zero-order valence-electron chi connectivity index (χ0n) is 13.5. The van der Waals surface area contributed by atoms with Crippen LogP contribution in [0.25, 0.3) is 0 Å². The van der Waals surface area contributed by atoms with E-state index in [1.54, 1.807) is 0 Å². The summed E-state index contributed by atoms with van der Waals surface area (Å²) in [6.07, 6.45) is 5.99. The van der Waals surface area contributed by atoms with Crippen LogP contribution in [-0.4, -0.2) is 42.2 Å². The summed E-state index contributed by atoms with van der Waals surface area (Å²) in [6.45, 7) is 10.3. The van der Waals surface area contributed by atoms with Crippen molar-refractivity contribution < 1.29 is 4.74 Å². The number of hydrogen-bond acceptors (Lipinski definition) is 4. The van der Waals surface area contributed by atoms with Gasteiger partial charge in [0.25, 0.3) is 0 Å². The highest BCUT2D eigenvalue weighted by Gasteiger charge is 2.18. The Morgan fingerprint density at radius 1 is 1.38 bits per heavy atom. The highest BCUT2D eigenvalue weighted by atomic mass is 16.5. The molecule has 2 heterocycles. The van der Waals surface area contributed by atoms with E-state index in [9.17, 15) is 0 Å². The molecule has 1 saturated heterocycles. The molecule has 118 valence electrons. The van der Waals surface area contributed by atoms with Crippen molar-refractivity contribution in [2.75, 3.05) is 26.2 Å². The first-order valence-corrected chi connectivity index (χ1v) is 8.30. The molecule has 4 nitrogen and oxygen atoms in total. The van der Waals surface area contributed by atoms with Crippen molar-refractivity contribution in [3.8, 4) is 0 Å². The van der Waals surface area contributed by atoms with Gasteiger partial charge in [-0.05, 0) is 44.0 Å². The predicted molar refractivity (Wildman–Crippen MR) is 86.2 cm³/mol. The molecular formula is C17H29N3O. The molecule has 1 atom stereocenters. The van der Waals surface area contributed by atoms with Gasteiger partial charge in [0, 0.05) is 32.4 Å². The summed E-state index contributed by atoms with van der Waals surface area (Å²) in [5.41, 5.74) is 2.41. The quantitative estimate of drug-likeness (QED) is 0.710. The van der Waals surface area contributed by atoms with Gasteiger partial charge in [-0.3, -0.25) is 9.88 Å². The van der Waals surface area contributed by atoms with Crippen molar-refractivity contribution in [3.05, 3.63) is 29.6 Å². The molecule has 1 N–H and O–H groups in total. The maximum atomic E-state index is 5.73. The third kappa shape index (κ3) is 5.73. The highest BCUT2D eigenvalue weighted by molar-refractivity contribution is 5.14. The van der Waals surface area contributed by atoms with Gasteiger partial charge in [0.2, 0.25) is 0 Å². The first-order valence-electron chi connectivity index (χ1n) is 8.30. The minimum absolute atomic E-state index is 0.419. The standard InChI is InChI=1S/C17H29N3O/c1-3-9-18-11-15-7-8-16(19-12-15)13-20(4-2)14-17-6-5-10-21-17/h7-8,12,17-18H,3-6,9-11,13-14H2,1-2H3. The number of nitrogens with zero attached hydrogens (tertiary/aromatic N) is 2. The SMILES string of the molecule is CCCNCc1ccc(CN(CC)CC2CCCO2)nc1. The van der Waals surface area contributed by atoms with E-state index in [-0.39, 0.29) is 0 Å². The number of nitrogens with one attached hydrogen (secondary N) is 1. The monoisotopic (exact) mass is 291 g/mol. The maximum Gasteiger partial charge on any atom is 0.0702 e. The molecule has 2 rings (SSSR count). The second-order valence-corrected chi connectivity index (χ2v) is 5.80. The van der Waals surface area contributed by atoms with E-state index < -0.39 is 0 Å². The van der Waals surface area contributed by atoms with Gasteiger partial charge in [-0.25, -0.2) is 0 Å². The molecule has 0 aromatic carbocycles. The van der Waals surface area contributed by atoms with Crippen molar-refractivity contribution in [1.29, 1.82) is 0 Å². The van der Waals surface area contributed by atoms with E-state index in [0.29, 0.717) is 6.10 Å². The van der Waals surface area contributed by atoms with E-state index in [1.807, 2.05) is 6.20 Å². The molecule has 1 aliphatic heterocycles. The van der Waals surface area contributed by atoms with Crippen LogP contribution in [0.15, 0.2) is 18.3 Å². The molecule has 0 radical (unpaired) electrons. The Labute approximate surface area is 128 Å². The number of rotatable bonds is 9. The van der Waals surface area contributed by atoms with Crippen LogP contribution in [0.4, 0.5) is 0 Å². The van der Waals surface area contributed by atoms with Crippen LogP contribution in [0.3, 0.4) is 0 Å². The van der Waals surface area contributed by atoms with Crippen LogP contribution in [-0.2, 0) is 17.8 Å². The minimum Gasteiger partial charge on any atom is -0.377 e. The summed E-state index contributed by atoms with van der Waals surface area (Å²) in [7, 11) is 0. The molecule has 0 amide bonds. The van der Waals surface area contributed by atoms with Crippen LogP contribution >= 0.6 is 0 Å². The van der Waals surface area contributed by atoms with Gasteiger partial charge in [-0.2, -0.15) is 0 Å². The summed E-state index contributed by atoms with van der Waals surface area (Å²) >= 11 is 0. The van der Waals surface area contributed by atoms with E-state index >= 15 is 0 Å². The van der Waals surface area contributed by atoms with Crippen LogP contribution in [0.1, 0.15) is 44.4 Å². The first-order chi connectivity index (χ1) is 10.3. The van der Waals surface area contributed by atoms with Crippen LogP contribution < -0.4 is 5.32 Å². The number of ether oxygens (including phenoxy) is 1. The van der Waals surface area contributed by atoms with Crippen molar-refractivity contribution in [3.63, 3.8) is 0 Å². The van der Waals surface area contributed by atoms with Crippen molar-refractivity contribution in [2.45, 2.75) is 52.3 Å². The Hall–Kier alpha value is -0.970. The fraction of sp³-hybridized carbons (Fsp3) is 0.706. The second-order valence-electron chi connectivity index (χ2n) is 5.80. The predicted octanol–water partition coefficient (Wildman–Crippen LogP) is 2.58. The Morgan fingerprint density at radius 3 is 2.90 bits per heavy atom. The number of aromatic nitrogens is 1. The average Bonchev–Trinajstić information content (AvgIpc) is 3.01. The van der Waals surface area contributed by atoms with Gasteiger partial charge in [-0.15, -0.1) is 0 Å². The molecule has 0 spiro atoms. The summed E-state index contributed by atoms with van der Waals surface area (Å²) in [6, 6.07) is 4.34. The molecule has 0 bridgehead atoms. The Morgan fingerprint density at radius 2 is 2.29 bits per heavy atom. The van der Waals surface area contributed by atoms with Crippen molar-refractivity contribution in [1.82, 2.24) is 15.2 Å². The summed E-state index contributed by atoms with van der Waals surface area (Å²) < 4.78 is 5.73. The molecule has 1 fully saturated rings. The summed E-state index contributed by atoms with van der Waals surface area (Å²) in [4.78, 5) is 7.02. The Kier molecular flexibility index (Phi) is 7.13. The lowest BCUT2D eigenvalue weighted by atomic mass is 10.2. The van der Waals surface area contributed by atoms with Crippen LogP contribution in [0, 0.1) is 0 Å². The molecule has 1 aromatic rings. The second kappa shape index (κ2) is 9.13. The lowest BCUT2D eigenvalue weighted by Crippen LogP contribution is -2.31.